The summed E-state index contributed by atoms with van der Waals surface area (Å²) in [4.78, 5) is 12.3. The second kappa shape index (κ2) is 10.8. The highest BCUT2D eigenvalue weighted by Crippen LogP contribution is 2.38. The van der Waals surface area contributed by atoms with E-state index in [0.29, 0.717) is 11.6 Å². The number of benzene rings is 4. The van der Waals surface area contributed by atoms with Crippen LogP contribution >= 0.6 is 19.5 Å². The maximum atomic E-state index is 12.3. The molecule has 4 rings (SSSR count). The Balaban J connectivity index is 1.86. The van der Waals surface area contributed by atoms with Crippen LogP contribution in [0.2, 0.25) is 5.02 Å². The second-order valence-corrected chi connectivity index (χ2v) is 10.4. The maximum absolute atomic E-state index is 12.3. The molecule has 0 radical (unpaired) electrons. The van der Waals surface area contributed by atoms with Gasteiger partial charge in [-0.2, -0.15) is 0 Å². The number of hydrogen-bond donors (Lipinski definition) is 0. The molecule has 1 atom stereocenters. The lowest BCUT2D eigenvalue weighted by atomic mass is 9.96. The molecule has 0 aliphatic rings. The highest BCUT2D eigenvalue weighted by atomic mass is 35.5. The van der Waals surface area contributed by atoms with Gasteiger partial charge in [0.25, 0.3) is 0 Å². The summed E-state index contributed by atoms with van der Waals surface area (Å²) in [7, 11) is -0.826. The van der Waals surface area contributed by atoms with Gasteiger partial charge in [0.05, 0.1) is 12.5 Å². The van der Waals surface area contributed by atoms with Gasteiger partial charge in [-0.3, -0.25) is 4.79 Å². The molecule has 0 bridgehead atoms. The SMILES string of the molecule is CCOC(=O)C(C)c1cccc(-c2ccc(Cl)cc2P(c2ccccc2)c2ccccc2)c1. The van der Waals surface area contributed by atoms with E-state index in [2.05, 4.69) is 72.8 Å². The number of esters is 1. The lowest BCUT2D eigenvalue weighted by Gasteiger charge is -2.23. The molecule has 0 aliphatic carbocycles. The molecule has 1 unspecified atom stereocenters. The Morgan fingerprint density at radius 1 is 0.848 bits per heavy atom. The van der Waals surface area contributed by atoms with E-state index in [-0.39, 0.29) is 11.9 Å². The molecule has 0 spiro atoms. The molecule has 4 aromatic rings. The van der Waals surface area contributed by atoms with E-state index in [1.54, 1.807) is 0 Å². The molecule has 0 heterocycles. The largest absolute Gasteiger partial charge is 0.466 e. The molecule has 2 nitrogen and oxygen atoms in total. The Morgan fingerprint density at radius 2 is 1.48 bits per heavy atom. The number of ether oxygens (including phenoxy) is 1. The minimum Gasteiger partial charge on any atom is -0.466 e. The average molecular weight is 473 g/mol. The van der Waals surface area contributed by atoms with Crippen LogP contribution in [-0.4, -0.2) is 12.6 Å². The van der Waals surface area contributed by atoms with E-state index in [0.717, 1.165) is 16.7 Å². The predicted octanol–water partition coefficient (Wildman–Crippen LogP) is 6.43. The first kappa shape index (κ1) is 23.2. The molecule has 0 saturated heterocycles. The summed E-state index contributed by atoms with van der Waals surface area (Å²) in [6.45, 7) is 4.10. The van der Waals surface area contributed by atoms with Crippen molar-refractivity contribution >= 4 is 41.4 Å². The smallest absolute Gasteiger partial charge is 0.313 e. The third-order valence-corrected chi connectivity index (χ3v) is 8.28. The third-order valence-electron chi connectivity index (χ3n) is 5.57. The molecule has 0 saturated carbocycles. The van der Waals surface area contributed by atoms with Crippen LogP contribution in [0.15, 0.2) is 103 Å². The van der Waals surface area contributed by atoms with Gasteiger partial charge in [0.15, 0.2) is 0 Å². The third kappa shape index (κ3) is 5.36. The van der Waals surface area contributed by atoms with Crippen LogP contribution in [0.4, 0.5) is 0 Å². The van der Waals surface area contributed by atoms with Crippen molar-refractivity contribution < 1.29 is 9.53 Å². The molecular formula is C29H26ClO2P. The van der Waals surface area contributed by atoms with Gasteiger partial charge in [-0.15, -0.1) is 0 Å². The first-order valence-corrected chi connectivity index (χ1v) is 12.8. The number of carbonyl (C=O) groups excluding carboxylic acids is 1. The average Bonchev–Trinajstić information content (AvgIpc) is 2.85. The molecule has 0 amide bonds. The minimum atomic E-state index is -0.826. The summed E-state index contributed by atoms with van der Waals surface area (Å²) >= 11 is 6.53. The Kier molecular flexibility index (Phi) is 7.60. The van der Waals surface area contributed by atoms with Crippen LogP contribution < -0.4 is 15.9 Å². The normalized spacial score (nSPS) is 11.9. The Labute approximate surface area is 202 Å². The monoisotopic (exact) mass is 472 g/mol. The zero-order valence-electron chi connectivity index (χ0n) is 18.7. The van der Waals surface area contributed by atoms with Gasteiger partial charge in [-0.05, 0) is 66.5 Å². The van der Waals surface area contributed by atoms with Crippen molar-refractivity contribution in [2.24, 2.45) is 0 Å². The van der Waals surface area contributed by atoms with Gasteiger partial charge in [-0.1, -0.05) is 103 Å². The summed E-state index contributed by atoms with van der Waals surface area (Å²) < 4.78 is 5.24. The molecule has 4 aromatic carbocycles. The Morgan fingerprint density at radius 3 is 2.09 bits per heavy atom. The van der Waals surface area contributed by atoms with Crippen molar-refractivity contribution in [3.63, 3.8) is 0 Å². The van der Waals surface area contributed by atoms with Gasteiger partial charge in [0, 0.05) is 5.02 Å². The number of rotatable bonds is 7. The number of halogens is 1. The van der Waals surface area contributed by atoms with E-state index in [1.165, 1.54) is 15.9 Å². The first-order chi connectivity index (χ1) is 16.1. The van der Waals surface area contributed by atoms with Gasteiger partial charge in [-0.25, -0.2) is 0 Å². The van der Waals surface area contributed by atoms with E-state index < -0.39 is 7.92 Å². The topological polar surface area (TPSA) is 26.3 Å². The molecule has 166 valence electrons. The molecular weight excluding hydrogens is 447 g/mol. The van der Waals surface area contributed by atoms with Crippen LogP contribution in [0.25, 0.3) is 11.1 Å². The first-order valence-electron chi connectivity index (χ1n) is 11.0. The standard InChI is InChI=1S/C29H26ClO2P/c1-3-32-29(31)21(2)22-11-10-12-23(19-22)27-18-17-24(30)20-28(27)33(25-13-6-4-7-14-25)26-15-8-5-9-16-26/h4-21H,3H2,1-2H3. The van der Waals surface area contributed by atoms with E-state index >= 15 is 0 Å². The van der Waals surface area contributed by atoms with Gasteiger partial charge in [0.1, 0.15) is 0 Å². The maximum Gasteiger partial charge on any atom is 0.313 e. The van der Waals surface area contributed by atoms with E-state index in [1.807, 2.05) is 44.2 Å². The second-order valence-electron chi connectivity index (χ2n) is 7.77. The van der Waals surface area contributed by atoms with Crippen LogP contribution in [0.1, 0.15) is 25.3 Å². The Bertz CT molecular complexity index is 1190. The quantitative estimate of drug-likeness (QED) is 0.229. The molecule has 0 fully saturated rings. The lowest BCUT2D eigenvalue weighted by Crippen LogP contribution is -2.22. The highest BCUT2D eigenvalue weighted by Gasteiger charge is 2.22. The van der Waals surface area contributed by atoms with Gasteiger partial charge < -0.3 is 4.74 Å². The highest BCUT2D eigenvalue weighted by molar-refractivity contribution is 7.80. The zero-order valence-corrected chi connectivity index (χ0v) is 20.4. The fourth-order valence-corrected chi connectivity index (χ4v) is 6.65. The van der Waals surface area contributed by atoms with Crippen LogP contribution in [0.3, 0.4) is 0 Å². The van der Waals surface area contributed by atoms with E-state index in [4.69, 9.17) is 16.3 Å². The molecule has 0 aliphatic heterocycles. The Hall–Kier alpha value is -2.93. The molecule has 0 N–H and O–H groups in total. The van der Waals surface area contributed by atoms with Gasteiger partial charge in [0.2, 0.25) is 0 Å². The summed E-state index contributed by atoms with van der Waals surface area (Å²) in [5.41, 5.74) is 3.13. The molecule has 33 heavy (non-hydrogen) atoms. The number of carbonyl (C=O) groups is 1. The lowest BCUT2D eigenvalue weighted by molar-refractivity contribution is -0.144. The van der Waals surface area contributed by atoms with Crippen molar-refractivity contribution in [2.45, 2.75) is 19.8 Å². The van der Waals surface area contributed by atoms with Gasteiger partial charge >= 0.3 is 5.97 Å². The zero-order chi connectivity index (χ0) is 23.2. The fraction of sp³-hybridized carbons (Fsp3) is 0.138. The minimum absolute atomic E-state index is 0.207. The van der Waals surface area contributed by atoms with Crippen LogP contribution in [0.5, 0.6) is 0 Å². The summed E-state index contributed by atoms with van der Waals surface area (Å²) in [6.07, 6.45) is 0. The molecule has 0 aromatic heterocycles. The summed E-state index contributed by atoms with van der Waals surface area (Å²) in [6, 6.07) is 35.4. The van der Waals surface area contributed by atoms with Crippen molar-refractivity contribution in [1.82, 2.24) is 0 Å². The van der Waals surface area contributed by atoms with Crippen molar-refractivity contribution in [3.05, 3.63) is 114 Å². The summed E-state index contributed by atoms with van der Waals surface area (Å²) in [5.74, 6) is -0.535. The number of hydrogen-bond acceptors (Lipinski definition) is 2. The predicted molar refractivity (Wildman–Crippen MR) is 141 cm³/mol. The van der Waals surface area contributed by atoms with Crippen molar-refractivity contribution in [1.29, 1.82) is 0 Å². The molecule has 4 heteroatoms. The van der Waals surface area contributed by atoms with Crippen molar-refractivity contribution in [2.75, 3.05) is 6.61 Å². The summed E-state index contributed by atoms with van der Waals surface area (Å²) in [5, 5.41) is 4.43. The van der Waals surface area contributed by atoms with E-state index in [9.17, 15) is 4.79 Å². The van der Waals surface area contributed by atoms with Crippen molar-refractivity contribution in [3.8, 4) is 11.1 Å². The van der Waals surface area contributed by atoms with Crippen LogP contribution in [-0.2, 0) is 9.53 Å². The fourth-order valence-electron chi connectivity index (χ4n) is 3.89. The van der Waals surface area contributed by atoms with Crippen LogP contribution in [0, 0.1) is 0 Å².